The van der Waals surface area contributed by atoms with E-state index in [1.165, 1.54) is 16.2 Å². The summed E-state index contributed by atoms with van der Waals surface area (Å²) in [7, 11) is 0. The molecule has 0 amide bonds. The van der Waals surface area contributed by atoms with Crippen molar-refractivity contribution in [3.63, 3.8) is 0 Å². The lowest BCUT2D eigenvalue weighted by molar-refractivity contribution is 0.673. The lowest BCUT2D eigenvalue weighted by atomic mass is 9.92. The van der Waals surface area contributed by atoms with E-state index in [9.17, 15) is 0 Å². The Morgan fingerprint density at radius 1 is 0.281 bits per heavy atom. The van der Waals surface area contributed by atoms with Crippen molar-refractivity contribution in [2.75, 3.05) is 0 Å². The second kappa shape index (κ2) is 13.6. The number of aromatic nitrogens is 3. The van der Waals surface area contributed by atoms with Gasteiger partial charge in [-0.05, 0) is 73.8 Å². The van der Waals surface area contributed by atoms with Gasteiger partial charge < -0.3 is 4.42 Å². The van der Waals surface area contributed by atoms with Crippen molar-refractivity contribution in [3.05, 3.63) is 200 Å². The van der Waals surface area contributed by atoms with Crippen LogP contribution >= 0.6 is 0 Å². The van der Waals surface area contributed by atoms with Gasteiger partial charge in [-0.3, -0.25) is 0 Å². The van der Waals surface area contributed by atoms with Gasteiger partial charge in [0.1, 0.15) is 11.2 Å². The average molecular weight is 728 g/mol. The van der Waals surface area contributed by atoms with Gasteiger partial charge >= 0.3 is 0 Å². The van der Waals surface area contributed by atoms with Crippen molar-refractivity contribution in [1.82, 2.24) is 15.0 Å². The monoisotopic (exact) mass is 727 g/mol. The van der Waals surface area contributed by atoms with Gasteiger partial charge in [-0.15, -0.1) is 0 Å². The van der Waals surface area contributed by atoms with Crippen LogP contribution in [0.1, 0.15) is 0 Å². The number of nitrogens with zero attached hydrogens (tertiary/aromatic N) is 3. The molecular formula is C53H33N3O. The van der Waals surface area contributed by atoms with E-state index in [2.05, 4.69) is 140 Å². The molecular weight excluding hydrogens is 695 g/mol. The van der Waals surface area contributed by atoms with Crippen molar-refractivity contribution in [2.24, 2.45) is 0 Å². The summed E-state index contributed by atoms with van der Waals surface area (Å²) in [5, 5.41) is 7.07. The molecule has 0 fully saturated rings. The van der Waals surface area contributed by atoms with Crippen molar-refractivity contribution >= 4 is 43.5 Å². The quantitative estimate of drug-likeness (QED) is 0.160. The topological polar surface area (TPSA) is 51.8 Å². The summed E-state index contributed by atoms with van der Waals surface area (Å²) in [5.41, 5.74) is 11.4. The van der Waals surface area contributed by atoms with Gasteiger partial charge in [0.25, 0.3) is 0 Å². The lowest BCUT2D eigenvalue weighted by Crippen LogP contribution is -2.00. The maximum Gasteiger partial charge on any atom is 0.164 e. The Balaban J connectivity index is 0.998. The van der Waals surface area contributed by atoms with Crippen LogP contribution in [0.2, 0.25) is 0 Å². The molecule has 0 aliphatic carbocycles. The third-order valence-corrected chi connectivity index (χ3v) is 10.9. The van der Waals surface area contributed by atoms with Gasteiger partial charge in [0.05, 0.1) is 0 Å². The van der Waals surface area contributed by atoms with Gasteiger partial charge in [0, 0.05) is 32.8 Å². The maximum atomic E-state index is 6.70. The molecule has 266 valence electrons. The Kier molecular flexibility index (Phi) is 7.78. The molecule has 57 heavy (non-hydrogen) atoms. The molecule has 2 heterocycles. The molecule has 11 aromatic rings. The Bertz CT molecular complexity index is 3240. The molecule has 2 aromatic heterocycles. The zero-order valence-electron chi connectivity index (χ0n) is 30.8. The molecule has 4 nitrogen and oxygen atoms in total. The van der Waals surface area contributed by atoms with Crippen LogP contribution in [0.15, 0.2) is 205 Å². The molecule has 0 aliphatic heterocycles. The normalized spacial score (nSPS) is 11.5. The highest BCUT2D eigenvalue weighted by molar-refractivity contribution is 6.32. The van der Waals surface area contributed by atoms with E-state index in [0.717, 1.165) is 77.4 Å². The molecule has 0 atom stereocenters. The third-order valence-electron chi connectivity index (χ3n) is 10.9. The standard InChI is InChI=1S/C53H33N3O/c1-3-15-34(16-4-1)51-54-52(35-17-5-2-6-18-35)56-53(55-51)41-24-13-22-39(33-41)37-20-11-19-36(31-37)38-21-12-23-40(32-38)42-29-14-30-47-48(42)49-45-27-9-7-25-43(45)44-26-8-10-28-46(44)50(49)57-47/h1-33H. The molecule has 11 rings (SSSR count). The minimum absolute atomic E-state index is 0.634. The first kappa shape index (κ1) is 32.7. The molecule has 0 N–H and O–H groups in total. The second-order valence-electron chi connectivity index (χ2n) is 14.4. The summed E-state index contributed by atoms with van der Waals surface area (Å²) < 4.78 is 6.70. The van der Waals surface area contributed by atoms with Crippen molar-refractivity contribution in [1.29, 1.82) is 0 Å². The molecule has 0 bridgehead atoms. The molecule has 9 aromatic carbocycles. The van der Waals surface area contributed by atoms with Crippen LogP contribution in [0, 0.1) is 0 Å². The number of benzene rings is 9. The summed E-state index contributed by atoms with van der Waals surface area (Å²) in [5.74, 6) is 1.93. The van der Waals surface area contributed by atoms with Crippen LogP contribution < -0.4 is 0 Å². The van der Waals surface area contributed by atoms with E-state index < -0.39 is 0 Å². The van der Waals surface area contributed by atoms with Crippen molar-refractivity contribution in [3.8, 4) is 67.5 Å². The molecule has 0 radical (unpaired) electrons. The van der Waals surface area contributed by atoms with E-state index in [0.29, 0.717) is 17.5 Å². The van der Waals surface area contributed by atoms with Gasteiger partial charge in [-0.1, -0.05) is 176 Å². The first-order chi connectivity index (χ1) is 28.2. The van der Waals surface area contributed by atoms with Gasteiger partial charge in [0.2, 0.25) is 0 Å². The van der Waals surface area contributed by atoms with Crippen LogP contribution in [0.25, 0.3) is 111 Å². The van der Waals surface area contributed by atoms with Crippen molar-refractivity contribution < 1.29 is 4.42 Å². The number of hydrogen-bond acceptors (Lipinski definition) is 4. The van der Waals surface area contributed by atoms with Gasteiger partial charge in [0.15, 0.2) is 17.5 Å². The Morgan fingerprint density at radius 3 is 1.28 bits per heavy atom. The summed E-state index contributed by atoms with van der Waals surface area (Å²) in [6, 6.07) is 69.9. The average Bonchev–Trinajstić information content (AvgIpc) is 3.70. The molecule has 0 saturated heterocycles. The summed E-state index contributed by atoms with van der Waals surface area (Å²) in [6.07, 6.45) is 0. The van der Waals surface area contributed by atoms with Crippen LogP contribution in [-0.2, 0) is 0 Å². The zero-order chi connectivity index (χ0) is 37.7. The Labute approximate surface area is 329 Å². The van der Waals surface area contributed by atoms with E-state index in [1.54, 1.807) is 0 Å². The van der Waals surface area contributed by atoms with E-state index in [4.69, 9.17) is 19.4 Å². The SMILES string of the molecule is c1ccc(-c2nc(-c3ccccc3)nc(-c3cccc(-c4cccc(-c5cccc(-c6cccc7oc8c9ccccc9c9ccccc9c8c67)c5)c4)c3)n2)cc1. The highest BCUT2D eigenvalue weighted by Crippen LogP contribution is 2.44. The second-order valence-corrected chi connectivity index (χ2v) is 14.4. The number of fused-ring (bicyclic) bond motifs is 8. The summed E-state index contributed by atoms with van der Waals surface area (Å²) >= 11 is 0. The van der Waals surface area contributed by atoms with Gasteiger partial charge in [-0.2, -0.15) is 0 Å². The minimum atomic E-state index is 0.634. The first-order valence-corrected chi connectivity index (χ1v) is 19.2. The van der Waals surface area contributed by atoms with Crippen LogP contribution in [-0.4, -0.2) is 15.0 Å². The van der Waals surface area contributed by atoms with E-state index >= 15 is 0 Å². The molecule has 0 aliphatic rings. The fraction of sp³-hybridized carbons (Fsp3) is 0. The predicted octanol–water partition coefficient (Wildman–Crippen LogP) is 14.1. The highest BCUT2D eigenvalue weighted by atomic mass is 16.3. The molecule has 0 spiro atoms. The summed E-state index contributed by atoms with van der Waals surface area (Å²) in [6.45, 7) is 0. The third kappa shape index (κ3) is 5.74. The summed E-state index contributed by atoms with van der Waals surface area (Å²) in [4.78, 5) is 14.8. The fourth-order valence-electron chi connectivity index (χ4n) is 8.21. The maximum absolute atomic E-state index is 6.70. The Morgan fingerprint density at radius 2 is 0.684 bits per heavy atom. The fourth-order valence-corrected chi connectivity index (χ4v) is 8.21. The van der Waals surface area contributed by atoms with Crippen LogP contribution in [0.3, 0.4) is 0 Å². The molecule has 4 heteroatoms. The molecule has 0 unspecified atom stereocenters. The van der Waals surface area contributed by atoms with Crippen molar-refractivity contribution in [2.45, 2.75) is 0 Å². The molecule has 0 saturated carbocycles. The lowest BCUT2D eigenvalue weighted by Gasteiger charge is -2.11. The van der Waals surface area contributed by atoms with Crippen LogP contribution in [0.4, 0.5) is 0 Å². The van der Waals surface area contributed by atoms with E-state index in [1.807, 2.05) is 60.7 Å². The number of rotatable bonds is 6. The highest BCUT2D eigenvalue weighted by Gasteiger charge is 2.19. The number of furan rings is 1. The number of hydrogen-bond donors (Lipinski definition) is 0. The predicted molar refractivity (Wildman–Crippen MR) is 235 cm³/mol. The first-order valence-electron chi connectivity index (χ1n) is 19.2. The minimum Gasteiger partial charge on any atom is -0.455 e. The van der Waals surface area contributed by atoms with Gasteiger partial charge in [-0.25, -0.2) is 15.0 Å². The van der Waals surface area contributed by atoms with Crippen LogP contribution in [0.5, 0.6) is 0 Å². The smallest absolute Gasteiger partial charge is 0.164 e. The zero-order valence-corrected chi connectivity index (χ0v) is 30.8. The Hall–Kier alpha value is -7.69. The largest absolute Gasteiger partial charge is 0.455 e. The van der Waals surface area contributed by atoms with E-state index in [-0.39, 0.29) is 0 Å².